The van der Waals surface area contributed by atoms with Gasteiger partial charge in [-0.3, -0.25) is 0 Å². The molecule has 0 N–H and O–H groups in total. The number of nitrogens with zero attached hydrogens (tertiary/aromatic N) is 4. The maximum absolute atomic E-state index is 5.41. The normalized spacial score (nSPS) is 10.8. The van der Waals surface area contributed by atoms with Crippen molar-refractivity contribution in [3.8, 4) is 28.5 Å². The van der Waals surface area contributed by atoms with Gasteiger partial charge in [0.05, 0.1) is 27.0 Å². The first-order chi connectivity index (χ1) is 11.2. The second kappa shape index (κ2) is 6.12. The van der Waals surface area contributed by atoms with Crippen LogP contribution in [-0.4, -0.2) is 40.9 Å². The second-order valence-corrected chi connectivity index (χ2v) is 4.84. The molecule has 0 spiro atoms. The number of ether oxygens (including phenoxy) is 3. The van der Waals surface area contributed by atoms with E-state index in [1.165, 1.54) is 0 Å². The molecule has 0 fully saturated rings. The highest BCUT2D eigenvalue weighted by molar-refractivity contribution is 5.69. The van der Waals surface area contributed by atoms with E-state index in [1.807, 2.05) is 25.1 Å². The molecule has 0 saturated heterocycles. The molecular weight excluding hydrogens is 296 g/mol. The van der Waals surface area contributed by atoms with Crippen LogP contribution in [-0.2, 0) is 6.42 Å². The van der Waals surface area contributed by atoms with E-state index < -0.39 is 0 Å². The number of aryl methyl sites for hydroxylation is 1. The minimum Gasteiger partial charge on any atom is -0.493 e. The molecule has 23 heavy (non-hydrogen) atoms. The van der Waals surface area contributed by atoms with Crippen molar-refractivity contribution in [3.05, 3.63) is 30.2 Å². The van der Waals surface area contributed by atoms with Crippen molar-refractivity contribution in [1.29, 1.82) is 0 Å². The van der Waals surface area contributed by atoms with Crippen molar-refractivity contribution in [2.45, 2.75) is 13.3 Å². The summed E-state index contributed by atoms with van der Waals surface area (Å²) in [5, 5.41) is 4.49. The van der Waals surface area contributed by atoms with Gasteiger partial charge in [-0.15, -0.1) is 5.10 Å². The van der Waals surface area contributed by atoms with E-state index in [0.717, 1.165) is 23.5 Å². The van der Waals surface area contributed by atoms with Crippen molar-refractivity contribution in [1.82, 2.24) is 19.6 Å². The van der Waals surface area contributed by atoms with Crippen molar-refractivity contribution >= 4 is 5.78 Å². The Morgan fingerprint density at radius 1 is 1.04 bits per heavy atom. The van der Waals surface area contributed by atoms with Gasteiger partial charge < -0.3 is 14.2 Å². The highest BCUT2D eigenvalue weighted by Gasteiger charge is 2.16. The summed E-state index contributed by atoms with van der Waals surface area (Å²) in [5.74, 6) is 3.03. The van der Waals surface area contributed by atoms with Gasteiger partial charge in [-0.1, -0.05) is 6.92 Å². The molecule has 0 aliphatic heterocycles. The minimum atomic E-state index is 0.553. The fraction of sp³-hybridized carbons (Fsp3) is 0.312. The Labute approximate surface area is 133 Å². The number of rotatable bonds is 5. The fourth-order valence-corrected chi connectivity index (χ4v) is 2.43. The van der Waals surface area contributed by atoms with Crippen LogP contribution in [0.3, 0.4) is 0 Å². The second-order valence-electron chi connectivity index (χ2n) is 4.84. The first-order valence-corrected chi connectivity index (χ1v) is 7.22. The van der Waals surface area contributed by atoms with E-state index in [2.05, 4.69) is 15.1 Å². The molecule has 0 aliphatic rings. The highest BCUT2D eigenvalue weighted by Crippen LogP contribution is 2.41. The zero-order valence-corrected chi connectivity index (χ0v) is 13.5. The van der Waals surface area contributed by atoms with Gasteiger partial charge in [0.2, 0.25) is 5.75 Å². The van der Waals surface area contributed by atoms with Crippen LogP contribution in [0.4, 0.5) is 0 Å². The van der Waals surface area contributed by atoms with Crippen LogP contribution in [0.5, 0.6) is 17.2 Å². The smallest absolute Gasteiger partial charge is 0.252 e. The molecule has 1 aromatic carbocycles. The van der Waals surface area contributed by atoms with E-state index in [-0.39, 0.29) is 0 Å². The van der Waals surface area contributed by atoms with Crippen LogP contribution in [0.15, 0.2) is 24.4 Å². The summed E-state index contributed by atoms with van der Waals surface area (Å²) in [7, 11) is 4.76. The number of methoxy groups -OCH3 is 3. The predicted molar refractivity (Wildman–Crippen MR) is 85.3 cm³/mol. The van der Waals surface area contributed by atoms with Gasteiger partial charge in [0, 0.05) is 18.2 Å². The first kappa shape index (κ1) is 15.1. The van der Waals surface area contributed by atoms with Crippen LogP contribution >= 0.6 is 0 Å². The Hall–Kier alpha value is -2.83. The van der Waals surface area contributed by atoms with E-state index in [9.17, 15) is 0 Å². The summed E-state index contributed by atoms with van der Waals surface area (Å²) in [6, 6.07) is 5.63. The minimum absolute atomic E-state index is 0.553. The zero-order chi connectivity index (χ0) is 16.4. The topological polar surface area (TPSA) is 70.8 Å². The van der Waals surface area contributed by atoms with Crippen LogP contribution < -0.4 is 14.2 Å². The molecule has 0 saturated carbocycles. The Morgan fingerprint density at radius 3 is 2.30 bits per heavy atom. The molecule has 0 atom stereocenters. The van der Waals surface area contributed by atoms with Gasteiger partial charge in [-0.2, -0.15) is 9.50 Å². The number of hydrogen-bond acceptors (Lipinski definition) is 6. The summed E-state index contributed by atoms with van der Waals surface area (Å²) >= 11 is 0. The SMILES string of the molecule is CCc1nc2nccc(-c3cc(OC)c(OC)c(OC)c3)n2n1. The monoisotopic (exact) mass is 314 g/mol. The molecule has 0 radical (unpaired) electrons. The molecule has 0 bridgehead atoms. The van der Waals surface area contributed by atoms with Gasteiger partial charge in [0.1, 0.15) is 0 Å². The lowest BCUT2D eigenvalue weighted by atomic mass is 10.1. The summed E-state index contributed by atoms with van der Waals surface area (Å²) in [5.41, 5.74) is 1.72. The Kier molecular flexibility index (Phi) is 4.01. The molecule has 2 aromatic heterocycles. The number of hydrogen-bond donors (Lipinski definition) is 0. The molecule has 3 aromatic rings. The van der Waals surface area contributed by atoms with Gasteiger partial charge in [0.25, 0.3) is 5.78 Å². The maximum Gasteiger partial charge on any atom is 0.252 e. The third kappa shape index (κ3) is 2.54. The lowest BCUT2D eigenvalue weighted by Gasteiger charge is -2.14. The maximum atomic E-state index is 5.41. The molecule has 0 aliphatic carbocycles. The molecule has 0 unspecified atom stereocenters. The van der Waals surface area contributed by atoms with E-state index in [1.54, 1.807) is 32.0 Å². The molecular formula is C16H18N4O3. The van der Waals surface area contributed by atoms with Gasteiger partial charge in [-0.25, -0.2) is 4.98 Å². The van der Waals surface area contributed by atoms with Crippen LogP contribution in [0, 0.1) is 0 Å². The Balaban J connectivity index is 2.24. The van der Waals surface area contributed by atoms with E-state index in [0.29, 0.717) is 23.0 Å². The first-order valence-electron chi connectivity index (χ1n) is 7.22. The van der Waals surface area contributed by atoms with Gasteiger partial charge in [-0.05, 0) is 18.2 Å². The summed E-state index contributed by atoms with van der Waals surface area (Å²) in [4.78, 5) is 8.65. The summed E-state index contributed by atoms with van der Waals surface area (Å²) in [6.07, 6.45) is 2.46. The number of fused-ring (bicyclic) bond motifs is 1. The Bertz CT molecular complexity index is 819. The average molecular weight is 314 g/mol. The molecule has 2 heterocycles. The number of benzene rings is 1. The van der Waals surface area contributed by atoms with Crippen LogP contribution in [0.2, 0.25) is 0 Å². The lowest BCUT2D eigenvalue weighted by Crippen LogP contribution is -1.99. The van der Waals surface area contributed by atoms with Crippen molar-refractivity contribution < 1.29 is 14.2 Å². The third-order valence-corrected chi connectivity index (χ3v) is 3.56. The van der Waals surface area contributed by atoms with Crippen LogP contribution in [0.1, 0.15) is 12.7 Å². The quantitative estimate of drug-likeness (QED) is 0.720. The molecule has 7 heteroatoms. The van der Waals surface area contributed by atoms with Crippen LogP contribution in [0.25, 0.3) is 17.0 Å². The summed E-state index contributed by atoms with van der Waals surface area (Å²) in [6.45, 7) is 2.01. The zero-order valence-electron chi connectivity index (χ0n) is 13.5. The van der Waals surface area contributed by atoms with Crippen molar-refractivity contribution in [3.63, 3.8) is 0 Å². The third-order valence-electron chi connectivity index (χ3n) is 3.56. The van der Waals surface area contributed by atoms with E-state index >= 15 is 0 Å². The Morgan fingerprint density at radius 2 is 1.74 bits per heavy atom. The molecule has 3 rings (SSSR count). The fourth-order valence-electron chi connectivity index (χ4n) is 2.43. The van der Waals surface area contributed by atoms with Gasteiger partial charge in [0.15, 0.2) is 17.3 Å². The number of aromatic nitrogens is 4. The lowest BCUT2D eigenvalue weighted by molar-refractivity contribution is 0.324. The molecule has 7 nitrogen and oxygen atoms in total. The molecule has 120 valence electrons. The van der Waals surface area contributed by atoms with Gasteiger partial charge >= 0.3 is 0 Å². The van der Waals surface area contributed by atoms with E-state index in [4.69, 9.17) is 14.2 Å². The predicted octanol–water partition coefficient (Wildman–Crippen LogP) is 2.38. The van der Waals surface area contributed by atoms with Crippen molar-refractivity contribution in [2.24, 2.45) is 0 Å². The average Bonchev–Trinajstić information content (AvgIpc) is 3.03. The van der Waals surface area contributed by atoms with Crippen molar-refractivity contribution in [2.75, 3.05) is 21.3 Å². The summed E-state index contributed by atoms with van der Waals surface area (Å²) < 4.78 is 17.9. The highest BCUT2D eigenvalue weighted by atomic mass is 16.5. The molecule has 0 amide bonds. The standard InChI is InChI=1S/C16H18N4O3/c1-5-14-18-16-17-7-6-11(20(16)19-14)10-8-12(21-2)15(23-4)13(9-10)22-3/h6-9H,5H2,1-4H3. The largest absolute Gasteiger partial charge is 0.493 e.